The Morgan fingerprint density at radius 2 is 0.877 bits per heavy atom. The third-order valence-electron chi connectivity index (χ3n) is 15.1. The number of furan rings is 2. The number of fused-ring (bicyclic) bond motifs is 16. The van der Waals surface area contributed by atoms with Gasteiger partial charge in [-0.2, -0.15) is 0 Å². The Morgan fingerprint density at radius 3 is 1.55 bits per heavy atom. The van der Waals surface area contributed by atoms with Crippen molar-refractivity contribution in [2.45, 2.75) is 38.5 Å². The third kappa shape index (κ3) is 4.90. The molecule has 2 heterocycles. The number of anilines is 3. The summed E-state index contributed by atoms with van der Waals surface area (Å²) < 4.78 is 13.8. The van der Waals surface area contributed by atoms with Crippen molar-refractivity contribution in [1.29, 1.82) is 0 Å². The number of benzene rings is 10. The maximum atomic E-state index is 7.32. The summed E-state index contributed by atoms with van der Waals surface area (Å²) in [5, 5.41) is 9.10. The zero-order chi connectivity index (χ0) is 43.3. The first kappa shape index (κ1) is 36.6. The minimum atomic E-state index is -0.187. The Labute approximate surface area is 376 Å². The number of nitrogens with zero attached hydrogens (tertiary/aromatic N) is 1. The van der Waals surface area contributed by atoms with Crippen molar-refractivity contribution in [3.05, 3.63) is 210 Å². The fourth-order valence-electron chi connectivity index (χ4n) is 11.9. The smallest absolute Gasteiger partial charge is 0.145 e. The second-order valence-corrected chi connectivity index (χ2v) is 19.2. The average Bonchev–Trinajstić information content (AvgIpc) is 4.04. The minimum Gasteiger partial charge on any atom is -0.456 e. The topological polar surface area (TPSA) is 29.5 Å². The molecule has 2 aliphatic rings. The van der Waals surface area contributed by atoms with Gasteiger partial charge < -0.3 is 13.7 Å². The molecule has 3 nitrogen and oxygen atoms in total. The largest absolute Gasteiger partial charge is 0.456 e. The lowest BCUT2D eigenvalue weighted by Crippen LogP contribution is -2.18. The van der Waals surface area contributed by atoms with Crippen molar-refractivity contribution in [2.24, 2.45) is 0 Å². The second kappa shape index (κ2) is 12.9. The number of hydrogen-bond donors (Lipinski definition) is 0. The van der Waals surface area contributed by atoms with Gasteiger partial charge in [0.2, 0.25) is 0 Å². The van der Waals surface area contributed by atoms with Crippen molar-refractivity contribution in [3.8, 4) is 33.4 Å². The van der Waals surface area contributed by atoms with Crippen LogP contribution in [-0.4, -0.2) is 0 Å². The van der Waals surface area contributed by atoms with Crippen LogP contribution in [0, 0.1) is 0 Å². The predicted octanol–water partition coefficient (Wildman–Crippen LogP) is 17.5. The number of rotatable bonds is 4. The summed E-state index contributed by atoms with van der Waals surface area (Å²) in [6.07, 6.45) is 0. The van der Waals surface area contributed by atoms with E-state index in [1.165, 1.54) is 66.1 Å². The summed E-state index contributed by atoms with van der Waals surface area (Å²) in [6.45, 7) is 9.48. The van der Waals surface area contributed by atoms with Crippen LogP contribution in [0.5, 0.6) is 0 Å². The fraction of sp³-hybridized carbons (Fsp3) is 0.0968. The zero-order valence-electron chi connectivity index (χ0n) is 36.7. The van der Waals surface area contributed by atoms with E-state index in [4.69, 9.17) is 8.83 Å². The van der Waals surface area contributed by atoms with E-state index in [0.29, 0.717) is 0 Å². The van der Waals surface area contributed by atoms with Gasteiger partial charge in [-0.25, -0.2) is 0 Å². The van der Waals surface area contributed by atoms with E-state index in [0.717, 1.165) is 72.1 Å². The molecule has 0 saturated carbocycles. The molecule has 0 atom stereocenters. The highest BCUT2D eigenvalue weighted by molar-refractivity contribution is 6.28. The molecule has 0 spiro atoms. The van der Waals surface area contributed by atoms with E-state index < -0.39 is 0 Å². The van der Waals surface area contributed by atoms with Gasteiger partial charge in [-0.1, -0.05) is 155 Å². The van der Waals surface area contributed by atoms with E-state index in [2.05, 4.69) is 215 Å². The van der Waals surface area contributed by atoms with Gasteiger partial charge in [-0.15, -0.1) is 0 Å². The molecule has 0 unspecified atom stereocenters. The van der Waals surface area contributed by atoms with Crippen LogP contribution >= 0.6 is 0 Å². The Bertz CT molecular complexity index is 3920. The average molecular weight is 834 g/mol. The van der Waals surface area contributed by atoms with Gasteiger partial charge in [0.15, 0.2) is 0 Å². The first-order chi connectivity index (χ1) is 31.8. The highest BCUT2D eigenvalue weighted by Crippen LogP contribution is 2.56. The highest BCUT2D eigenvalue weighted by Gasteiger charge is 2.38. The monoisotopic (exact) mass is 833 g/mol. The van der Waals surface area contributed by atoms with Gasteiger partial charge in [0.1, 0.15) is 22.3 Å². The molecule has 0 N–H and O–H groups in total. The molecule has 0 saturated heterocycles. The van der Waals surface area contributed by atoms with Crippen molar-refractivity contribution in [1.82, 2.24) is 0 Å². The Hall–Kier alpha value is -7.88. The van der Waals surface area contributed by atoms with Crippen LogP contribution in [-0.2, 0) is 10.8 Å². The Morgan fingerprint density at radius 1 is 0.354 bits per heavy atom. The summed E-state index contributed by atoms with van der Waals surface area (Å²) in [4.78, 5) is 2.51. The molecule has 0 radical (unpaired) electrons. The maximum absolute atomic E-state index is 7.32. The Balaban J connectivity index is 1.12. The number of hydrogen-bond acceptors (Lipinski definition) is 3. The van der Waals surface area contributed by atoms with Crippen molar-refractivity contribution in [2.75, 3.05) is 4.90 Å². The SMILES string of the molecule is CC1(C)c2ccccc2-c2ccc(N(c3ccc4c(c3)C(C)(C)c3ccccc3-4)c3ccc4c(oc5ccc6oc7ccccc7c6c54)c3-c3cc4ccccc4c4ccccc34)cc21. The molecule has 0 aliphatic heterocycles. The van der Waals surface area contributed by atoms with Gasteiger partial charge >= 0.3 is 0 Å². The molecule has 0 bridgehead atoms. The lowest BCUT2D eigenvalue weighted by molar-refractivity contribution is 0.660. The summed E-state index contributed by atoms with van der Waals surface area (Å²) >= 11 is 0. The molecule has 65 heavy (non-hydrogen) atoms. The van der Waals surface area contributed by atoms with E-state index in [-0.39, 0.29) is 10.8 Å². The molecular formula is C62H43NO2. The lowest BCUT2D eigenvalue weighted by atomic mass is 9.82. The van der Waals surface area contributed by atoms with Gasteiger partial charge in [0.05, 0.1) is 5.69 Å². The standard InChI is InChI=1S/C62H43NO2/c1-61(2)49-22-12-9-19-42(49)44-27-25-37(34-51(44)61)63(38-26-28-45-43-20-10-13-23-50(43)62(3,4)52(45)35-38)53-30-29-47-59-56(32-31-55-58(59)46-21-11-14-24-54(46)64-55)65-60(47)57(53)48-33-36-15-5-6-16-39(36)40-17-7-8-18-41(40)48/h5-35H,1-4H3. The van der Waals surface area contributed by atoms with Gasteiger partial charge in [-0.05, 0) is 132 Å². The van der Waals surface area contributed by atoms with E-state index in [9.17, 15) is 0 Å². The molecule has 0 fully saturated rings. The normalized spacial score (nSPS) is 14.4. The maximum Gasteiger partial charge on any atom is 0.145 e. The zero-order valence-corrected chi connectivity index (χ0v) is 36.7. The van der Waals surface area contributed by atoms with Crippen LogP contribution in [0.2, 0.25) is 0 Å². The molecule has 12 aromatic rings. The van der Waals surface area contributed by atoms with Crippen LogP contribution in [0.4, 0.5) is 17.1 Å². The summed E-state index contributed by atoms with van der Waals surface area (Å²) in [7, 11) is 0. The minimum absolute atomic E-state index is 0.187. The van der Waals surface area contributed by atoms with E-state index >= 15 is 0 Å². The first-order valence-electron chi connectivity index (χ1n) is 22.7. The summed E-state index contributed by atoms with van der Waals surface area (Å²) in [5.74, 6) is 0. The van der Waals surface area contributed by atoms with Gasteiger partial charge in [-0.3, -0.25) is 0 Å². The molecule has 3 heteroatoms. The molecule has 2 aromatic heterocycles. The molecule has 2 aliphatic carbocycles. The van der Waals surface area contributed by atoms with Gasteiger partial charge in [0, 0.05) is 49.3 Å². The quantitative estimate of drug-likeness (QED) is 0.165. The van der Waals surface area contributed by atoms with Crippen LogP contribution in [0.15, 0.2) is 197 Å². The van der Waals surface area contributed by atoms with Crippen molar-refractivity contribution in [3.63, 3.8) is 0 Å². The molecular weight excluding hydrogens is 791 g/mol. The summed E-state index contributed by atoms with van der Waals surface area (Å²) in [5.41, 5.74) is 19.1. The van der Waals surface area contributed by atoms with Crippen molar-refractivity contribution >= 4 is 82.5 Å². The molecule has 0 amide bonds. The number of para-hydroxylation sites is 1. The Kier molecular flexibility index (Phi) is 7.24. The van der Waals surface area contributed by atoms with E-state index in [1.54, 1.807) is 0 Å². The molecule has 10 aromatic carbocycles. The van der Waals surface area contributed by atoms with Gasteiger partial charge in [0.25, 0.3) is 0 Å². The van der Waals surface area contributed by atoms with Crippen LogP contribution in [0.1, 0.15) is 49.9 Å². The molecule has 14 rings (SSSR count). The predicted molar refractivity (Wildman–Crippen MR) is 271 cm³/mol. The van der Waals surface area contributed by atoms with Crippen LogP contribution < -0.4 is 4.90 Å². The van der Waals surface area contributed by atoms with E-state index in [1.807, 2.05) is 6.07 Å². The van der Waals surface area contributed by atoms with Crippen LogP contribution in [0.3, 0.4) is 0 Å². The third-order valence-corrected chi connectivity index (χ3v) is 15.1. The fourth-order valence-corrected chi connectivity index (χ4v) is 11.9. The second-order valence-electron chi connectivity index (χ2n) is 19.2. The van der Waals surface area contributed by atoms with Crippen LogP contribution in [0.25, 0.3) is 98.8 Å². The summed E-state index contributed by atoms with van der Waals surface area (Å²) in [6, 6.07) is 69.2. The highest BCUT2D eigenvalue weighted by atomic mass is 16.3. The lowest BCUT2D eigenvalue weighted by Gasteiger charge is -2.31. The molecule has 308 valence electrons. The first-order valence-corrected chi connectivity index (χ1v) is 22.7. The van der Waals surface area contributed by atoms with Crippen molar-refractivity contribution < 1.29 is 8.83 Å².